The van der Waals surface area contributed by atoms with E-state index in [1.165, 1.54) is 35.9 Å². The number of aromatic nitrogens is 2. The smallest absolute Gasteiger partial charge is 0.230 e. The number of rotatable bonds is 5. The van der Waals surface area contributed by atoms with Gasteiger partial charge in [-0.3, -0.25) is 4.79 Å². The van der Waals surface area contributed by atoms with E-state index in [9.17, 15) is 4.79 Å². The number of carbonyl (C=O) groups is 1. The number of hydrogen-bond acceptors (Lipinski definition) is 5. The number of carbonyl (C=O) groups excluding carboxylic acids is 1. The topological polar surface area (TPSA) is 46.9 Å². The molecule has 1 heterocycles. The summed E-state index contributed by atoms with van der Waals surface area (Å²) in [4.78, 5) is 12.2. The summed E-state index contributed by atoms with van der Waals surface area (Å²) in [6, 6.07) is 8.37. The lowest BCUT2D eigenvalue weighted by molar-refractivity contribution is -0.119. The van der Waals surface area contributed by atoms with Gasteiger partial charge in [-0.25, -0.2) is 4.68 Å². The third-order valence-electron chi connectivity index (χ3n) is 4.58. The molecule has 0 unspecified atom stereocenters. The van der Waals surface area contributed by atoms with Crippen molar-refractivity contribution in [3.8, 4) is 5.69 Å². The van der Waals surface area contributed by atoms with Crippen LogP contribution in [0.3, 0.4) is 0 Å². The van der Waals surface area contributed by atoms with Crippen LogP contribution in [0, 0.1) is 16.8 Å². The lowest BCUT2D eigenvalue weighted by Gasteiger charge is -2.26. The molecule has 25 heavy (non-hydrogen) atoms. The maximum Gasteiger partial charge on any atom is 0.230 e. The molecule has 0 spiro atoms. The van der Waals surface area contributed by atoms with E-state index in [0.717, 1.165) is 34.4 Å². The normalized spacial score (nSPS) is 20.4. The van der Waals surface area contributed by atoms with Crippen molar-refractivity contribution >= 4 is 41.2 Å². The number of nitrogens with one attached hydrogen (secondary N) is 1. The molecule has 0 radical (unpaired) electrons. The van der Waals surface area contributed by atoms with Gasteiger partial charge in [-0.05, 0) is 62.4 Å². The first-order chi connectivity index (χ1) is 12.0. The van der Waals surface area contributed by atoms with Crippen molar-refractivity contribution in [1.29, 1.82) is 0 Å². The van der Waals surface area contributed by atoms with Crippen LogP contribution in [0.1, 0.15) is 38.2 Å². The largest absolute Gasteiger partial charge is 0.353 e. The fourth-order valence-corrected chi connectivity index (χ4v) is 5.23. The molecule has 2 aromatic rings. The molecule has 3 rings (SSSR count). The number of para-hydroxylation sites is 1. The fourth-order valence-electron chi connectivity index (χ4n) is 3.07. The first-order valence-corrected chi connectivity index (χ1v) is 10.8. The molecule has 134 valence electrons. The van der Waals surface area contributed by atoms with Gasteiger partial charge in [0.2, 0.25) is 5.91 Å². The fraction of sp³-hybridized carbons (Fsp3) is 0.500. The second-order valence-corrected chi connectivity index (χ2v) is 9.49. The molecule has 1 amide bonds. The number of nitrogens with zero attached hydrogens (tertiary/aromatic N) is 2. The van der Waals surface area contributed by atoms with Crippen molar-refractivity contribution in [2.75, 3.05) is 5.75 Å². The Bertz CT molecular complexity index is 791. The molecule has 1 aromatic heterocycles. The SMILES string of the molecule is Cc1ccccc1-n1nc(SCC(=O)NC2CCC(C)CC2)sc1=S. The highest BCUT2D eigenvalue weighted by Gasteiger charge is 2.20. The maximum atomic E-state index is 12.2. The quantitative estimate of drug-likeness (QED) is 0.588. The van der Waals surface area contributed by atoms with Gasteiger partial charge in [0.25, 0.3) is 0 Å². The highest BCUT2D eigenvalue weighted by atomic mass is 32.2. The number of thioether (sulfide) groups is 1. The van der Waals surface area contributed by atoms with Crippen LogP contribution in [-0.2, 0) is 4.79 Å². The van der Waals surface area contributed by atoms with E-state index in [2.05, 4.69) is 17.3 Å². The molecular weight excluding hydrogens is 370 g/mol. The van der Waals surface area contributed by atoms with E-state index in [4.69, 9.17) is 12.2 Å². The van der Waals surface area contributed by atoms with Crippen molar-refractivity contribution in [1.82, 2.24) is 15.1 Å². The molecule has 1 fully saturated rings. The number of benzene rings is 1. The molecule has 0 aliphatic heterocycles. The molecular formula is C18H23N3OS3. The first-order valence-electron chi connectivity index (χ1n) is 8.61. The molecule has 1 aromatic carbocycles. The van der Waals surface area contributed by atoms with Crippen LogP contribution < -0.4 is 5.32 Å². The molecule has 0 bridgehead atoms. The van der Waals surface area contributed by atoms with Gasteiger partial charge in [0.1, 0.15) is 0 Å². The van der Waals surface area contributed by atoms with Crippen LogP contribution in [0.25, 0.3) is 5.69 Å². The summed E-state index contributed by atoms with van der Waals surface area (Å²) in [5.74, 6) is 1.27. The molecule has 1 aliphatic rings. The zero-order valence-corrected chi connectivity index (χ0v) is 17.0. The van der Waals surface area contributed by atoms with Gasteiger partial charge in [-0.1, -0.05) is 48.2 Å². The minimum atomic E-state index is 0.0908. The Morgan fingerprint density at radius 1 is 1.36 bits per heavy atom. The highest BCUT2D eigenvalue weighted by Crippen LogP contribution is 2.26. The van der Waals surface area contributed by atoms with Crippen molar-refractivity contribution in [3.63, 3.8) is 0 Å². The van der Waals surface area contributed by atoms with Crippen LogP contribution in [0.2, 0.25) is 0 Å². The van der Waals surface area contributed by atoms with Crippen LogP contribution in [0.4, 0.5) is 0 Å². The third-order valence-corrected chi connectivity index (χ3v) is 6.95. The zero-order chi connectivity index (χ0) is 17.8. The molecule has 1 aliphatic carbocycles. The minimum Gasteiger partial charge on any atom is -0.353 e. The monoisotopic (exact) mass is 393 g/mol. The first kappa shape index (κ1) is 18.6. The molecule has 1 N–H and O–H groups in total. The summed E-state index contributed by atoms with van der Waals surface area (Å²) in [5, 5.41) is 7.74. The van der Waals surface area contributed by atoms with Gasteiger partial charge in [0, 0.05) is 6.04 Å². The van der Waals surface area contributed by atoms with E-state index in [1.54, 1.807) is 4.68 Å². The molecule has 0 atom stereocenters. The molecule has 4 nitrogen and oxygen atoms in total. The van der Waals surface area contributed by atoms with E-state index in [1.807, 2.05) is 31.2 Å². The molecule has 1 saturated carbocycles. The van der Waals surface area contributed by atoms with E-state index < -0.39 is 0 Å². The van der Waals surface area contributed by atoms with Gasteiger partial charge in [0.05, 0.1) is 11.4 Å². The molecule has 7 heteroatoms. The third kappa shape index (κ3) is 4.92. The number of amides is 1. The average Bonchev–Trinajstić information content (AvgIpc) is 2.96. The highest BCUT2D eigenvalue weighted by molar-refractivity contribution is 8.01. The van der Waals surface area contributed by atoms with E-state index >= 15 is 0 Å². The lowest BCUT2D eigenvalue weighted by Crippen LogP contribution is -2.38. The van der Waals surface area contributed by atoms with Crippen LogP contribution in [0.15, 0.2) is 28.6 Å². The van der Waals surface area contributed by atoms with Crippen molar-refractivity contribution in [2.45, 2.75) is 49.9 Å². The minimum absolute atomic E-state index is 0.0908. The Balaban J connectivity index is 1.57. The van der Waals surface area contributed by atoms with E-state index in [0.29, 0.717) is 15.7 Å². The van der Waals surface area contributed by atoms with E-state index in [-0.39, 0.29) is 5.91 Å². The standard InChI is InChI=1S/C18H23N3OS3/c1-12-7-9-14(10-8-12)19-16(22)11-24-17-20-21(18(23)25-17)15-6-4-3-5-13(15)2/h3-6,12,14H,7-11H2,1-2H3,(H,19,22). The number of hydrogen-bond donors (Lipinski definition) is 1. The zero-order valence-electron chi connectivity index (χ0n) is 14.5. The van der Waals surface area contributed by atoms with Gasteiger partial charge in [-0.2, -0.15) is 0 Å². The Hall–Kier alpha value is -1.18. The van der Waals surface area contributed by atoms with Crippen molar-refractivity contribution in [2.24, 2.45) is 5.92 Å². The van der Waals surface area contributed by atoms with Crippen molar-refractivity contribution in [3.05, 3.63) is 33.8 Å². The van der Waals surface area contributed by atoms with Gasteiger partial charge >= 0.3 is 0 Å². The summed E-state index contributed by atoms with van der Waals surface area (Å²) in [5.41, 5.74) is 2.13. The van der Waals surface area contributed by atoms with Gasteiger partial charge < -0.3 is 5.32 Å². The molecule has 0 saturated heterocycles. The lowest BCUT2D eigenvalue weighted by atomic mass is 9.87. The predicted molar refractivity (Wildman–Crippen MR) is 107 cm³/mol. The summed E-state index contributed by atoms with van der Waals surface area (Å²) in [7, 11) is 0. The number of aryl methyl sites for hydroxylation is 1. The second kappa shape index (κ2) is 8.47. The summed E-state index contributed by atoms with van der Waals surface area (Å²) >= 11 is 8.36. The average molecular weight is 394 g/mol. The Labute approximate surface area is 162 Å². The Morgan fingerprint density at radius 3 is 2.80 bits per heavy atom. The second-order valence-electron chi connectivity index (χ2n) is 6.65. The summed E-state index contributed by atoms with van der Waals surface area (Å²) in [6.07, 6.45) is 4.61. The van der Waals surface area contributed by atoms with Gasteiger partial charge in [-0.15, -0.1) is 5.10 Å². The van der Waals surface area contributed by atoms with Crippen molar-refractivity contribution < 1.29 is 4.79 Å². The maximum absolute atomic E-state index is 12.2. The summed E-state index contributed by atoms with van der Waals surface area (Å²) in [6.45, 7) is 4.33. The predicted octanol–water partition coefficient (Wildman–Crippen LogP) is 4.76. The van der Waals surface area contributed by atoms with Crippen LogP contribution in [0.5, 0.6) is 0 Å². The Kier molecular flexibility index (Phi) is 6.30. The van der Waals surface area contributed by atoms with Gasteiger partial charge in [0.15, 0.2) is 8.29 Å². The summed E-state index contributed by atoms with van der Waals surface area (Å²) < 4.78 is 3.33. The van der Waals surface area contributed by atoms with Crippen LogP contribution in [-0.4, -0.2) is 27.5 Å². The van der Waals surface area contributed by atoms with Crippen LogP contribution >= 0.6 is 35.3 Å². The Morgan fingerprint density at radius 2 is 2.08 bits per heavy atom.